The SMILES string of the molecule is C=C(/N=C(/c1ccc(Cl)cc1F)N(C(N)=O)c1ccc(C(F)(F)F)cc1)N1CCN(C(=O)OC)CC1. The molecule has 0 atom stereocenters. The molecule has 8 nitrogen and oxygen atoms in total. The van der Waals surface area contributed by atoms with Gasteiger partial charge < -0.3 is 20.3 Å². The molecule has 0 unspecified atom stereocenters. The monoisotopic (exact) mass is 527 g/mol. The molecule has 0 saturated carbocycles. The molecule has 192 valence electrons. The van der Waals surface area contributed by atoms with Gasteiger partial charge in [0.25, 0.3) is 0 Å². The molecule has 1 saturated heterocycles. The number of benzene rings is 2. The summed E-state index contributed by atoms with van der Waals surface area (Å²) < 4.78 is 58.7. The molecule has 2 aromatic carbocycles. The number of amidine groups is 1. The summed E-state index contributed by atoms with van der Waals surface area (Å²) in [4.78, 5) is 32.5. The summed E-state index contributed by atoms with van der Waals surface area (Å²) in [6, 6.07) is 6.08. The van der Waals surface area contributed by atoms with Gasteiger partial charge in [-0.1, -0.05) is 18.2 Å². The number of alkyl halides is 3. The van der Waals surface area contributed by atoms with Gasteiger partial charge in [-0.15, -0.1) is 0 Å². The lowest BCUT2D eigenvalue weighted by Crippen LogP contribution is -2.48. The van der Waals surface area contributed by atoms with Gasteiger partial charge in [0.1, 0.15) is 11.6 Å². The van der Waals surface area contributed by atoms with Crippen LogP contribution >= 0.6 is 11.6 Å². The molecular formula is C23H22ClF4N5O3. The van der Waals surface area contributed by atoms with Crippen molar-refractivity contribution in [3.63, 3.8) is 0 Å². The van der Waals surface area contributed by atoms with Crippen LogP contribution in [0.3, 0.4) is 0 Å². The zero-order valence-corrected chi connectivity index (χ0v) is 19.8. The molecule has 13 heteroatoms. The summed E-state index contributed by atoms with van der Waals surface area (Å²) in [5.74, 6) is -1.04. The number of methoxy groups -OCH3 is 1. The highest BCUT2D eigenvalue weighted by Crippen LogP contribution is 2.31. The largest absolute Gasteiger partial charge is 0.453 e. The Hall–Kier alpha value is -3.80. The van der Waals surface area contributed by atoms with Gasteiger partial charge in [0, 0.05) is 31.2 Å². The van der Waals surface area contributed by atoms with E-state index >= 15 is 0 Å². The molecule has 0 radical (unpaired) electrons. The Bertz CT molecular complexity index is 1180. The lowest BCUT2D eigenvalue weighted by Gasteiger charge is -2.35. The van der Waals surface area contributed by atoms with Gasteiger partial charge in [0.15, 0.2) is 5.84 Å². The van der Waals surface area contributed by atoms with Gasteiger partial charge in [0.05, 0.1) is 23.9 Å². The summed E-state index contributed by atoms with van der Waals surface area (Å²) in [5, 5.41) is 0.0773. The van der Waals surface area contributed by atoms with Gasteiger partial charge in [-0.2, -0.15) is 13.2 Å². The van der Waals surface area contributed by atoms with Crippen LogP contribution in [0.5, 0.6) is 0 Å². The fraction of sp³-hybridized carbons (Fsp3) is 0.261. The first-order chi connectivity index (χ1) is 16.9. The fourth-order valence-electron chi connectivity index (χ4n) is 3.52. The lowest BCUT2D eigenvalue weighted by atomic mass is 10.1. The maximum atomic E-state index is 14.9. The van der Waals surface area contributed by atoms with E-state index in [1.807, 2.05) is 0 Å². The number of hydrogen-bond donors (Lipinski definition) is 1. The number of nitrogens with two attached hydrogens (primary N) is 1. The van der Waals surface area contributed by atoms with E-state index < -0.39 is 29.7 Å². The summed E-state index contributed by atoms with van der Waals surface area (Å²) in [6.45, 7) is 5.10. The summed E-state index contributed by atoms with van der Waals surface area (Å²) in [7, 11) is 1.27. The van der Waals surface area contributed by atoms with Crippen molar-refractivity contribution in [2.75, 3.05) is 38.2 Å². The number of rotatable bonds is 4. The summed E-state index contributed by atoms with van der Waals surface area (Å²) >= 11 is 5.86. The van der Waals surface area contributed by atoms with E-state index in [9.17, 15) is 27.2 Å². The first-order valence-corrected chi connectivity index (χ1v) is 10.9. The van der Waals surface area contributed by atoms with Crippen LogP contribution in [0.25, 0.3) is 0 Å². The van der Waals surface area contributed by atoms with Crippen LogP contribution in [0.2, 0.25) is 5.02 Å². The number of primary amides is 1. The van der Waals surface area contributed by atoms with Crippen molar-refractivity contribution >= 4 is 35.2 Å². The third kappa shape index (κ3) is 6.06. The van der Waals surface area contributed by atoms with Crippen LogP contribution in [0.4, 0.5) is 32.8 Å². The van der Waals surface area contributed by atoms with Crippen LogP contribution in [-0.4, -0.2) is 61.0 Å². The Morgan fingerprint density at radius 2 is 1.67 bits per heavy atom. The minimum absolute atomic E-state index is 0.0769. The van der Waals surface area contributed by atoms with Gasteiger partial charge in [-0.3, -0.25) is 0 Å². The van der Waals surface area contributed by atoms with Crippen molar-refractivity contribution in [2.45, 2.75) is 6.18 Å². The number of aliphatic imine (C=N–C) groups is 1. The molecule has 1 heterocycles. The highest BCUT2D eigenvalue weighted by atomic mass is 35.5. The number of anilines is 1. The van der Waals surface area contributed by atoms with Crippen LogP contribution in [-0.2, 0) is 10.9 Å². The predicted octanol–water partition coefficient (Wildman–Crippen LogP) is 4.69. The third-order valence-electron chi connectivity index (χ3n) is 5.37. The molecule has 2 aromatic rings. The number of hydrogen-bond acceptors (Lipinski definition) is 5. The normalized spacial score (nSPS) is 14.4. The Morgan fingerprint density at radius 3 is 2.17 bits per heavy atom. The first kappa shape index (κ1) is 26.8. The van der Waals surface area contributed by atoms with Crippen LogP contribution in [0.15, 0.2) is 59.9 Å². The average Bonchev–Trinajstić information content (AvgIpc) is 2.83. The zero-order valence-electron chi connectivity index (χ0n) is 19.1. The zero-order chi connectivity index (χ0) is 26.6. The first-order valence-electron chi connectivity index (χ1n) is 10.5. The van der Waals surface area contributed by atoms with Crippen molar-refractivity contribution < 1.29 is 31.9 Å². The third-order valence-corrected chi connectivity index (χ3v) is 5.60. The van der Waals surface area contributed by atoms with Crippen molar-refractivity contribution in [3.05, 3.63) is 76.8 Å². The maximum Gasteiger partial charge on any atom is 0.416 e. The van der Waals surface area contributed by atoms with Crippen molar-refractivity contribution in [3.8, 4) is 0 Å². The number of urea groups is 1. The van der Waals surface area contributed by atoms with E-state index in [4.69, 9.17) is 22.1 Å². The lowest BCUT2D eigenvalue weighted by molar-refractivity contribution is -0.137. The quantitative estimate of drug-likeness (QED) is 0.355. The van der Waals surface area contributed by atoms with E-state index in [0.29, 0.717) is 26.2 Å². The highest BCUT2D eigenvalue weighted by molar-refractivity contribution is 6.31. The molecule has 0 spiro atoms. The number of amides is 3. The molecular weight excluding hydrogens is 506 g/mol. The van der Waals surface area contributed by atoms with Crippen LogP contribution in [0.1, 0.15) is 11.1 Å². The standard InChI is InChI=1S/C23H22ClF4N5O3/c1-14(31-9-11-32(12-10-31)22(35)36-2)30-20(18-8-5-16(24)13-19(18)25)33(21(29)34)17-6-3-15(4-7-17)23(26,27)28/h3-8,13H,1,9-12H2,2H3,(H2,29,34)/b30-20-. The minimum atomic E-state index is -4.60. The molecule has 1 aliphatic rings. The van der Waals surface area contributed by atoms with E-state index in [1.165, 1.54) is 24.1 Å². The van der Waals surface area contributed by atoms with Crippen molar-refractivity contribution in [1.82, 2.24) is 9.80 Å². The number of nitrogens with zero attached hydrogens (tertiary/aromatic N) is 4. The second-order valence-corrected chi connectivity index (χ2v) is 8.07. The second-order valence-electron chi connectivity index (χ2n) is 7.64. The average molecular weight is 528 g/mol. The Morgan fingerprint density at radius 1 is 1.08 bits per heavy atom. The topological polar surface area (TPSA) is 91.5 Å². The molecule has 36 heavy (non-hydrogen) atoms. The van der Waals surface area contributed by atoms with E-state index in [1.54, 1.807) is 4.90 Å². The Kier molecular flexibility index (Phi) is 8.08. The van der Waals surface area contributed by atoms with Crippen molar-refractivity contribution in [2.24, 2.45) is 10.7 Å². The molecule has 3 rings (SSSR count). The highest BCUT2D eigenvalue weighted by Gasteiger charge is 2.31. The van der Waals surface area contributed by atoms with Gasteiger partial charge >= 0.3 is 18.3 Å². The molecule has 0 bridgehead atoms. The van der Waals surface area contributed by atoms with Gasteiger partial charge in [-0.05, 0) is 42.5 Å². The number of ether oxygens (including phenoxy) is 1. The van der Waals surface area contributed by atoms with Gasteiger partial charge in [0.2, 0.25) is 0 Å². The molecule has 1 fully saturated rings. The Labute approximate surface area is 209 Å². The molecule has 3 amide bonds. The van der Waals surface area contributed by atoms with Gasteiger partial charge in [-0.25, -0.2) is 23.9 Å². The summed E-state index contributed by atoms with van der Waals surface area (Å²) in [6.07, 6.45) is -5.09. The number of piperazine rings is 1. The number of carbonyl (C=O) groups excluding carboxylic acids is 2. The Balaban J connectivity index is 2.03. The second kappa shape index (κ2) is 10.9. The molecule has 0 aromatic heterocycles. The van der Waals surface area contributed by atoms with E-state index in [0.717, 1.165) is 35.2 Å². The van der Waals surface area contributed by atoms with Crippen LogP contribution < -0.4 is 10.6 Å². The molecule has 2 N–H and O–H groups in total. The van der Waals surface area contributed by atoms with E-state index in [2.05, 4.69) is 11.6 Å². The predicted molar refractivity (Wildman–Crippen MR) is 126 cm³/mol. The molecule has 1 aliphatic heterocycles. The fourth-order valence-corrected chi connectivity index (χ4v) is 3.68. The number of carbonyl (C=O) groups is 2. The smallest absolute Gasteiger partial charge is 0.416 e. The summed E-state index contributed by atoms with van der Waals surface area (Å²) in [5.41, 5.74) is 4.36. The van der Waals surface area contributed by atoms with Crippen molar-refractivity contribution in [1.29, 1.82) is 0 Å². The minimum Gasteiger partial charge on any atom is -0.453 e. The van der Waals surface area contributed by atoms with E-state index in [-0.39, 0.29) is 27.9 Å². The van der Waals surface area contributed by atoms with Crippen LogP contribution in [0, 0.1) is 5.82 Å². The molecule has 0 aliphatic carbocycles. The maximum absolute atomic E-state index is 14.9. The number of halogens is 5.